The average molecular weight is 587 g/mol. The first-order valence-electron chi connectivity index (χ1n) is 8.32. The summed E-state index contributed by atoms with van der Waals surface area (Å²) in [4.78, 5) is 8.00. The second-order valence-electron chi connectivity index (χ2n) is 5.47. The van der Waals surface area contributed by atoms with Gasteiger partial charge in [0, 0.05) is 31.3 Å². The highest BCUT2D eigenvalue weighted by molar-refractivity contribution is 9.11. The summed E-state index contributed by atoms with van der Waals surface area (Å²) in [7, 11) is 0. The lowest BCUT2D eigenvalue weighted by atomic mass is 10.3. The molecule has 7 nitrogen and oxygen atoms in total. The van der Waals surface area contributed by atoms with Gasteiger partial charge in [-0.2, -0.15) is 9.97 Å². The second-order valence-corrected chi connectivity index (χ2v) is 7.59. The number of ether oxygens (including phenoxy) is 1. The maximum absolute atomic E-state index is 13.0. The minimum Gasteiger partial charge on any atom is -0.424 e. The van der Waals surface area contributed by atoms with Crippen LogP contribution in [0.4, 0.5) is 8.78 Å². The summed E-state index contributed by atoms with van der Waals surface area (Å²) in [6.07, 6.45) is 1.90. The van der Waals surface area contributed by atoms with Crippen molar-refractivity contribution in [2.75, 3.05) is 0 Å². The molecule has 2 aromatic heterocycles. The third kappa shape index (κ3) is 6.89. The van der Waals surface area contributed by atoms with E-state index in [4.69, 9.17) is 4.74 Å². The topological polar surface area (TPSA) is 70.7 Å². The zero-order chi connectivity index (χ0) is 20.7. The minimum absolute atomic E-state index is 0.0461. The van der Waals surface area contributed by atoms with Crippen LogP contribution in [0, 0.1) is 11.6 Å². The zero-order valence-corrected chi connectivity index (χ0v) is 19.8. The highest BCUT2D eigenvalue weighted by Crippen LogP contribution is 2.23. The molecular formula is C16H17Br3F2N6O. The first-order chi connectivity index (χ1) is 13.3. The number of halogens is 5. The number of aryl methyl sites for hydroxylation is 2. The van der Waals surface area contributed by atoms with Crippen molar-refractivity contribution in [3.63, 3.8) is 0 Å². The Balaban J connectivity index is 0.000000237. The van der Waals surface area contributed by atoms with Gasteiger partial charge < -0.3 is 4.74 Å². The molecule has 0 saturated heterocycles. The van der Waals surface area contributed by atoms with E-state index in [0.29, 0.717) is 16.0 Å². The van der Waals surface area contributed by atoms with E-state index < -0.39 is 11.6 Å². The van der Waals surface area contributed by atoms with E-state index in [2.05, 4.69) is 74.9 Å². The molecule has 12 heteroatoms. The minimum atomic E-state index is -0.703. The Kier molecular flexibility index (Phi) is 8.96. The van der Waals surface area contributed by atoms with Crippen LogP contribution < -0.4 is 4.74 Å². The lowest BCUT2D eigenvalue weighted by molar-refractivity contribution is 0.390. The zero-order valence-electron chi connectivity index (χ0n) is 15.0. The van der Waals surface area contributed by atoms with Crippen LogP contribution in [0.5, 0.6) is 11.8 Å². The second kappa shape index (κ2) is 11.0. The van der Waals surface area contributed by atoms with Crippen LogP contribution in [0.1, 0.15) is 26.7 Å². The number of hydrogen-bond donors (Lipinski definition) is 0. The number of aromatic nitrogens is 6. The van der Waals surface area contributed by atoms with Crippen molar-refractivity contribution in [1.29, 1.82) is 0 Å². The van der Waals surface area contributed by atoms with Crippen molar-refractivity contribution in [2.24, 2.45) is 0 Å². The van der Waals surface area contributed by atoms with Crippen molar-refractivity contribution in [2.45, 2.75) is 39.8 Å². The van der Waals surface area contributed by atoms with Crippen molar-refractivity contribution in [1.82, 2.24) is 29.5 Å². The Morgan fingerprint density at radius 3 is 1.93 bits per heavy atom. The molecule has 1 aromatic carbocycles. The van der Waals surface area contributed by atoms with E-state index in [-0.39, 0.29) is 11.8 Å². The molecule has 0 bridgehead atoms. The number of nitrogens with zero attached hydrogens (tertiary/aromatic N) is 6. The standard InChI is InChI=1S/C11H10BrF2N3O.C5H7Br2N3/c1-2-3-17-11(15-10(12)16-17)18-9-5-7(13)4-8(14)6-9;1-2-3-10-5(7)8-4(6)9-10/h4-6H,2-3H2,1H3;2-3H2,1H3. The van der Waals surface area contributed by atoms with Gasteiger partial charge in [0.2, 0.25) is 9.47 Å². The first-order valence-corrected chi connectivity index (χ1v) is 10.7. The summed E-state index contributed by atoms with van der Waals surface area (Å²) in [5, 5.41) is 8.13. The van der Waals surface area contributed by atoms with Gasteiger partial charge in [0.15, 0.2) is 4.73 Å². The SMILES string of the molecule is CCCn1nc(Br)nc1Br.CCCn1nc(Br)nc1Oc1cc(F)cc(F)c1. The Hall–Kier alpha value is -1.40. The summed E-state index contributed by atoms with van der Waals surface area (Å²) in [5.74, 6) is -1.36. The molecule has 0 saturated carbocycles. The fourth-order valence-corrected chi connectivity index (χ4v) is 3.44. The van der Waals surface area contributed by atoms with Gasteiger partial charge in [0.05, 0.1) is 0 Å². The van der Waals surface area contributed by atoms with Crippen LogP contribution in [0.15, 0.2) is 32.4 Å². The molecule has 0 aliphatic carbocycles. The highest BCUT2D eigenvalue weighted by Gasteiger charge is 2.11. The quantitative estimate of drug-likeness (QED) is 0.369. The Labute approximate surface area is 185 Å². The largest absolute Gasteiger partial charge is 0.424 e. The lowest BCUT2D eigenvalue weighted by Crippen LogP contribution is -2.02. The molecule has 2 heterocycles. The smallest absolute Gasteiger partial charge is 0.321 e. The fraction of sp³-hybridized carbons (Fsp3) is 0.375. The third-order valence-corrected chi connectivity index (χ3v) is 4.39. The van der Waals surface area contributed by atoms with Crippen LogP contribution in [0.3, 0.4) is 0 Å². The number of benzene rings is 1. The van der Waals surface area contributed by atoms with E-state index in [9.17, 15) is 8.78 Å². The first kappa shape index (κ1) is 22.9. The van der Waals surface area contributed by atoms with Crippen LogP contribution >= 0.6 is 47.8 Å². The number of hydrogen-bond acceptors (Lipinski definition) is 5. The molecule has 0 N–H and O–H groups in total. The fourth-order valence-electron chi connectivity index (χ4n) is 2.08. The van der Waals surface area contributed by atoms with E-state index in [1.54, 1.807) is 0 Å². The molecule has 28 heavy (non-hydrogen) atoms. The van der Waals surface area contributed by atoms with Gasteiger partial charge in [-0.15, -0.1) is 10.2 Å². The molecule has 3 rings (SSSR count). The van der Waals surface area contributed by atoms with Crippen LogP contribution in [-0.4, -0.2) is 29.5 Å². The molecule has 0 amide bonds. The Morgan fingerprint density at radius 1 is 0.857 bits per heavy atom. The third-order valence-electron chi connectivity index (χ3n) is 3.13. The summed E-state index contributed by atoms with van der Waals surface area (Å²) in [6, 6.07) is 3.14. The molecule has 0 aliphatic rings. The van der Waals surface area contributed by atoms with Crippen molar-refractivity contribution < 1.29 is 13.5 Å². The molecule has 3 aromatic rings. The average Bonchev–Trinajstić information content (AvgIpc) is 3.09. The van der Waals surface area contributed by atoms with Crippen LogP contribution in [0.25, 0.3) is 0 Å². The van der Waals surface area contributed by atoms with Crippen molar-refractivity contribution >= 4 is 47.8 Å². The van der Waals surface area contributed by atoms with E-state index >= 15 is 0 Å². The molecule has 152 valence electrons. The van der Waals surface area contributed by atoms with Gasteiger partial charge in [0.1, 0.15) is 17.4 Å². The van der Waals surface area contributed by atoms with Gasteiger partial charge in [-0.05, 0) is 60.6 Å². The maximum Gasteiger partial charge on any atom is 0.321 e. The molecule has 0 aliphatic heterocycles. The predicted molar refractivity (Wildman–Crippen MR) is 110 cm³/mol. The molecule has 0 spiro atoms. The van der Waals surface area contributed by atoms with Crippen LogP contribution in [-0.2, 0) is 13.1 Å². The molecule has 0 unspecified atom stereocenters. The van der Waals surface area contributed by atoms with Gasteiger partial charge in [-0.3, -0.25) is 0 Å². The maximum atomic E-state index is 13.0. The summed E-state index contributed by atoms with van der Waals surface area (Å²) >= 11 is 9.58. The molecular weight excluding hydrogens is 570 g/mol. The summed E-state index contributed by atoms with van der Waals surface area (Å²) in [6.45, 7) is 5.58. The normalized spacial score (nSPS) is 10.5. The number of rotatable bonds is 6. The molecule has 0 atom stereocenters. The lowest BCUT2D eigenvalue weighted by Gasteiger charge is -2.06. The predicted octanol–water partition coefficient (Wildman–Crippen LogP) is 5.73. The Bertz CT molecular complexity index is 898. The van der Waals surface area contributed by atoms with Crippen molar-refractivity contribution in [3.8, 4) is 11.8 Å². The van der Waals surface area contributed by atoms with Crippen LogP contribution in [0.2, 0.25) is 0 Å². The van der Waals surface area contributed by atoms with E-state index in [0.717, 1.165) is 42.3 Å². The summed E-state index contributed by atoms with van der Waals surface area (Å²) < 4.78 is 36.5. The van der Waals surface area contributed by atoms with E-state index in [1.807, 2.05) is 11.6 Å². The Morgan fingerprint density at radius 2 is 1.39 bits per heavy atom. The summed E-state index contributed by atoms with van der Waals surface area (Å²) in [5.41, 5.74) is 0. The highest BCUT2D eigenvalue weighted by atomic mass is 79.9. The van der Waals surface area contributed by atoms with Gasteiger partial charge in [-0.25, -0.2) is 18.1 Å². The molecule has 0 fully saturated rings. The van der Waals surface area contributed by atoms with E-state index in [1.165, 1.54) is 4.68 Å². The van der Waals surface area contributed by atoms with Gasteiger partial charge >= 0.3 is 6.01 Å². The van der Waals surface area contributed by atoms with Gasteiger partial charge in [0.25, 0.3) is 0 Å². The van der Waals surface area contributed by atoms with Gasteiger partial charge in [-0.1, -0.05) is 13.8 Å². The van der Waals surface area contributed by atoms with Crippen molar-refractivity contribution in [3.05, 3.63) is 44.0 Å². The monoisotopic (exact) mass is 584 g/mol. The molecule has 0 radical (unpaired) electrons.